The van der Waals surface area contributed by atoms with Crippen LogP contribution in [0.3, 0.4) is 0 Å². The molecule has 2 fully saturated rings. The first kappa shape index (κ1) is 14.2. The fourth-order valence-corrected chi connectivity index (χ4v) is 4.00. The lowest BCUT2D eigenvalue weighted by Gasteiger charge is -2.31. The minimum atomic E-state index is -1.18. The molecule has 1 unspecified atom stereocenters. The minimum Gasteiger partial charge on any atom is -0.336 e. The van der Waals surface area contributed by atoms with Crippen molar-refractivity contribution in [2.75, 3.05) is 37.9 Å². The molecule has 3 aliphatic rings. The summed E-state index contributed by atoms with van der Waals surface area (Å²) < 4.78 is 11.5. The van der Waals surface area contributed by atoms with Gasteiger partial charge in [0.2, 0.25) is 0 Å². The highest BCUT2D eigenvalue weighted by atomic mass is 16.7. The summed E-state index contributed by atoms with van der Waals surface area (Å²) in [5.74, 6) is -0.515. The van der Waals surface area contributed by atoms with Crippen LogP contribution < -0.4 is 9.80 Å². The Labute approximate surface area is 130 Å². The molecule has 1 spiro atoms. The van der Waals surface area contributed by atoms with Crippen LogP contribution in [0.5, 0.6) is 0 Å². The normalized spacial score (nSPS) is 30.0. The predicted molar refractivity (Wildman–Crippen MR) is 81.5 cm³/mol. The van der Waals surface area contributed by atoms with Crippen LogP contribution in [0.1, 0.15) is 25.3 Å². The molecule has 2 atom stereocenters. The Morgan fingerprint density at radius 1 is 1.32 bits per heavy atom. The van der Waals surface area contributed by atoms with Gasteiger partial charge in [0.25, 0.3) is 11.7 Å². The molecular weight excluding hydrogens is 280 g/mol. The lowest BCUT2D eigenvalue weighted by Crippen LogP contribution is -3.15. The van der Waals surface area contributed by atoms with Crippen molar-refractivity contribution in [3.05, 3.63) is 29.8 Å². The molecule has 4 rings (SSSR count). The van der Waals surface area contributed by atoms with E-state index in [1.807, 2.05) is 29.2 Å². The third-order valence-corrected chi connectivity index (χ3v) is 5.02. The number of para-hydroxylation sites is 1. The second-order valence-corrected chi connectivity index (χ2v) is 6.67. The number of rotatable bonds is 2. The van der Waals surface area contributed by atoms with E-state index >= 15 is 0 Å². The molecule has 118 valence electrons. The number of fused-ring (bicyclic) bond motifs is 2. The van der Waals surface area contributed by atoms with Gasteiger partial charge >= 0.3 is 0 Å². The summed E-state index contributed by atoms with van der Waals surface area (Å²) in [6.07, 6.45) is 2.53. The van der Waals surface area contributed by atoms with Crippen LogP contribution in [-0.4, -0.2) is 38.9 Å². The van der Waals surface area contributed by atoms with Crippen LogP contribution in [0.2, 0.25) is 0 Å². The van der Waals surface area contributed by atoms with Gasteiger partial charge in [0, 0.05) is 11.5 Å². The Balaban J connectivity index is 1.64. The second-order valence-electron chi connectivity index (χ2n) is 6.67. The first-order chi connectivity index (χ1) is 10.7. The fourth-order valence-electron chi connectivity index (χ4n) is 4.00. The number of piperidine rings is 1. The zero-order chi connectivity index (χ0) is 15.2. The monoisotopic (exact) mass is 303 g/mol. The Morgan fingerprint density at radius 3 is 2.86 bits per heavy atom. The van der Waals surface area contributed by atoms with Crippen molar-refractivity contribution in [2.24, 2.45) is 5.92 Å². The Bertz CT molecular complexity index is 583. The number of nitrogens with zero attached hydrogens (tertiary/aromatic N) is 1. The maximum Gasteiger partial charge on any atom is 0.296 e. The number of nitrogens with one attached hydrogen (secondary N) is 1. The molecule has 0 aromatic heterocycles. The molecule has 2 saturated heterocycles. The lowest BCUT2D eigenvalue weighted by atomic mass is 10.0. The summed E-state index contributed by atoms with van der Waals surface area (Å²) in [5.41, 5.74) is 1.81. The summed E-state index contributed by atoms with van der Waals surface area (Å²) in [6, 6.07) is 7.87. The third kappa shape index (κ3) is 2.07. The van der Waals surface area contributed by atoms with Crippen molar-refractivity contribution >= 4 is 11.6 Å². The summed E-state index contributed by atoms with van der Waals surface area (Å²) >= 11 is 0. The molecule has 0 aliphatic carbocycles. The summed E-state index contributed by atoms with van der Waals surface area (Å²) in [4.78, 5) is 16.3. The van der Waals surface area contributed by atoms with E-state index in [0.717, 1.165) is 30.3 Å². The molecule has 5 heteroatoms. The SMILES string of the molecule is C[C@@H]1CCC[NH+](CN2C(=O)C3(OCCO3)c3ccccc32)C1. The van der Waals surface area contributed by atoms with Crippen LogP contribution >= 0.6 is 0 Å². The molecule has 1 N–H and O–H groups in total. The van der Waals surface area contributed by atoms with Gasteiger partial charge < -0.3 is 14.4 Å². The number of carbonyl (C=O) groups excluding carboxylic acids is 1. The quantitative estimate of drug-likeness (QED) is 0.865. The van der Waals surface area contributed by atoms with Crippen molar-refractivity contribution < 1.29 is 19.2 Å². The lowest BCUT2D eigenvalue weighted by molar-refractivity contribution is -0.907. The first-order valence-electron chi connectivity index (χ1n) is 8.24. The molecule has 3 aliphatic heterocycles. The van der Waals surface area contributed by atoms with Crippen LogP contribution in [0.15, 0.2) is 24.3 Å². The van der Waals surface area contributed by atoms with Crippen LogP contribution in [0.25, 0.3) is 0 Å². The zero-order valence-electron chi connectivity index (χ0n) is 13.0. The van der Waals surface area contributed by atoms with Gasteiger partial charge in [-0.05, 0) is 18.9 Å². The number of benzene rings is 1. The Hall–Kier alpha value is -1.43. The number of hydrogen-bond donors (Lipinski definition) is 1. The largest absolute Gasteiger partial charge is 0.336 e. The number of quaternary nitrogens is 1. The van der Waals surface area contributed by atoms with Gasteiger partial charge in [0.05, 0.1) is 32.0 Å². The van der Waals surface area contributed by atoms with Crippen molar-refractivity contribution in [1.29, 1.82) is 0 Å². The number of likely N-dealkylation sites (tertiary alicyclic amines) is 1. The third-order valence-electron chi connectivity index (χ3n) is 5.02. The van der Waals surface area contributed by atoms with Gasteiger partial charge in [-0.1, -0.05) is 25.1 Å². The van der Waals surface area contributed by atoms with Crippen molar-refractivity contribution in [1.82, 2.24) is 0 Å². The molecule has 0 radical (unpaired) electrons. The molecule has 1 aromatic rings. The van der Waals surface area contributed by atoms with Crippen LogP contribution in [0, 0.1) is 5.92 Å². The van der Waals surface area contributed by atoms with E-state index in [0.29, 0.717) is 19.9 Å². The average Bonchev–Trinajstić information content (AvgIpc) is 3.10. The molecule has 0 saturated carbocycles. The first-order valence-corrected chi connectivity index (χ1v) is 8.24. The van der Waals surface area contributed by atoms with Gasteiger partial charge in [0.1, 0.15) is 0 Å². The zero-order valence-corrected chi connectivity index (χ0v) is 13.0. The van der Waals surface area contributed by atoms with E-state index in [1.54, 1.807) is 0 Å². The van der Waals surface area contributed by atoms with E-state index in [2.05, 4.69) is 6.92 Å². The van der Waals surface area contributed by atoms with Gasteiger partial charge in [-0.2, -0.15) is 0 Å². The van der Waals surface area contributed by atoms with Gasteiger partial charge in [-0.15, -0.1) is 0 Å². The Kier molecular flexibility index (Phi) is 3.44. The summed E-state index contributed by atoms with van der Waals surface area (Å²) in [6.45, 7) is 6.20. The number of amides is 1. The minimum absolute atomic E-state index is 0.0584. The fraction of sp³-hybridized carbons (Fsp3) is 0.588. The van der Waals surface area contributed by atoms with Gasteiger partial charge in [0.15, 0.2) is 6.67 Å². The van der Waals surface area contributed by atoms with Crippen molar-refractivity contribution in [2.45, 2.75) is 25.6 Å². The standard InChI is InChI=1S/C17H22N2O3/c1-13-5-4-8-18(11-13)12-19-15-7-3-2-6-14(15)17(16(19)20)21-9-10-22-17/h2-3,6-7,13H,4-5,8-12H2,1H3/p+1/t13-/m1/s1. The molecule has 1 aromatic carbocycles. The van der Waals surface area contributed by atoms with E-state index in [1.165, 1.54) is 17.7 Å². The predicted octanol–water partition coefficient (Wildman–Crippen LogP) is 0.505. The van der Waals surface area contributed by atoms with Crippen molar-refractivity contribution in [3.8, 4) is 0 Å². The second kappa shape index (κ2) is 5.33. The van der Waals surface area contributed by atoms with E-state index in [9.17, 15) is 4.79 Å². The summed E-state index contributed by atoms with van der Waals surface area (Å²) in [7, 11) is 0. The number of hydrogen-bond acceptors (Lipinski definition) is 3. The maximum atomic E-state index is 13.0. The van der Waals surface area contributed by atoms with Crippen molar-refractivity contribution in [3.63, 3.8) is 0 Å². The van der Waals surface area contributed by atoms with Gasteiger partial charge in [-0.25, -0.2) is 0 Å². The maximum absolute atomic E-state index is 13.0. The van der Waals surface area contributed by atoms with E-state index < -0.39 is 5.79 Å². The van der Waals surface area contributed by atoms with Crippen LogP contribution in [0.4, 0.5) is 5.69 Å². The molecule has 1 amide bonds. The molecular formula is C17H23N2O3+. The van der Waals surface area contributed by atoms with Gasteiger partial charge in [-0.3, -0.25) is 9.69 Å². The summed E-state index contributed by atoms with van der Waals surface area (Å²) in [5, 5.41) is 0. The number of ether oxygens (including phenoxy) is 2. The number of carbonyl (C=O) groups is 1. The molecule has 0 bridgehead atoms. The molecule has 5 nitrogen and oxygen atoms in total. The van der Waals surface area contributed by atoms with Crippen LogP contribution in [-0.2, 0) is 20.1 Å². The topological polar surface area (TPSA) is 43.2 Å². The highest BCUT2D eigenvalue weighted by molar-refractivity contribution is 6.06. The molecule has 22 heavy (non-hydrogen) atoms. The van der Waals surface area contributed by atoms with E-state index in [-0.39, 0.29) is 5.91 Å². The smallest absolute Gasteiger partial charge is 0.296 e. The Morgan fingerprint density at radius 2 is 2.09 bits per heavy atom. The average molecular weight is 303 g/mol. The highest BCUT2D eigenvalue weighted by Crippen LogP contribution is 2.45. The number of anilines is 1. The highest BCUT2D eigenvalue weighted by Gasteiger charge is 2.56. The van der Waals surface area contributed by atoms with E-state index in [4.69, 9.17) is 9.47 Å². The molecule has 3 heterocycles.